The van der Waals surface area contributed by atoms with Crippen LogP contribution in [0.3, 0.4) is 0 Å². The summed E-state index contributed by atoms with van der Waals surface area (Å²) in [6.45, 7) is -0.800. The summed E-state index contributed by atoms with van der Waals surface area (Å²) in [5.74, 6) is -0.245. The zero-order chi connectivity index (χ0) is 13.6. The third kappa shape index (κ3) is 5.65. The first-order valence-corrected chi connectivity index (χ1v) is 5.61. The van der Waals surface area contributed by atoms with Crippen molar-refractivity contribution in [3.63, 3.8) is 0 Å². The number of carbonyl (C=O) groups excluding carboxylic acids is 1. The number of hydrogen-bond donors (Lipinski definition) is 2. The molecule has 0 aromatic carbocycles. The zero-order valence-electron chi connectivity index (χ0n) is 10.0. The second-order valence-corrected chi connectivity index (χ2v) is 4.01. The molecule has 1 fully saturated rings. The molecule has 1 rings (SSSR count). The Labute approximate surface area is 103 Å². The molecule has 0 aromatic rings. The maximum absolute atomic E-state index is 11.7. The molecule has 1 heterocycles. The molecule has 0 aromatic heterocycles. The molecule has 1 amide bonds. The Morgan fingerprint density at radius 1 is 1.50 bits per heavy atom. The fourth-order valence-electron chi connectivity index (χ4n) is 1.64. The first-order chi connectivity index (χ1) is 8.42. The van der Waals surface area contributed by atoms with Crippen LogP contribution >= 0.6 is 0 Å². The quantitative estimate of drug-likeness (QED) is 0.670. The number of alkyl halides is 3. The van der Waals surface area contributed by atoms with Crippen molar-refractivity contribution < 1.29 is 27.4 Å². The summed E-state index contributed by atoms with van der Waals surface area (Å²) in [5.41, 5.74) is 0. The Morgan fingerprint density at radius 2 is 2.22 bits per heavy atom. The van der Waals surface area contributed by atoms with Crippen molar-refractivity contribution in [3.8, 4) is 0 Å². The number of ether oxygens (including phenoxy) is 2. The molecule has 0 bridgehead atoms. The third-order valence-corrected chi connectivity index (χ3v) is 2.55. The highest BCUT2D eigenvalue weighted by molar-refractivity contribution is 5.82. The van der Waals surface area contributed by atoms with E-state index in [1.807, 2.05) is 0 Å². The molecule has 0 saturated carbocycles. The van der Waals surface area contributed by atoms with Gasteiger partial charge in [-0.1, -0.05) is 0 Å². The zero-order valence-corrected chi connectivity index (χ0v) is 10.0. The molecule has 2 N–H and O–H groups in total. The van der Waals surface area contributed by atoms with E-state index in [9.17, 15) is 18.0 Å². The molecule has 1 saturated heterocycles. The van der Waals surface area contributed by atoms with Crippen LogP contribution in [-0.4, -0.2) is 57.6 Å². The average molecular weight is 270 g/mol. The molecule has 1 aliphatic rings. The van der Waals surface area contributed by atoms with Gasteiger partial charge in [-0.05, 0) is 6.42 Å². The maximum Gasteiger partial charge on any atom is 0.411 e. The van der Waals surface area contributed by atoms with Crippen molar-refractivity contribution in [2.45, 2.75) is 24.7 Å². The van der Waals surface area contributed by atoms with E-state index in [0.717, 1.165) is 0 Å². The van der Waals surface area contributed by atoms with Gasteiger partial charge in [0.05, 0.1) is 18.8 Å². The molecular formula is C10H17F3N2O3. The van der Waals surface area contributed by atoms with Crippen LogP contribution in [-0.2, 0) is 14.3 Å². The van der Waals surface area contributed by atoms with Gasteiger partial charge in [0.1, 0.15) is 6.61 Å². The van der Waals surface area contributed by atoms with Crippen molar-refractivity contribution in [1.82, 2.24) is 10.6 Å². The van der Waals surface area contributed by atoms with Gasteiger partial charge in [0.15, 0.2) is 0 Å². The Morgan fingerprint density at radius 3 is 2.78 bits per heavy atom. The first-order valence-electron chi connectivity index (χ1n) is 5.61. The Kier molecular flexibility index (Phi) is 5.83. The third-order valence-electron chi connectivity index (χ3n) is 2.55. The predicted molar refractivity (Wildman–Crippen MR) is 57.1 cm³/mol. The largest absolute Gasteiger partial charge is 0.411 e. The Balaban J connectivity index is 2.07. The van der Waals surface area contributed by atoms with Gasteiger partial charge in [-0.15, -0.1) is 0 Å². The van der Waals surface area contributed by atoms with Crippen LogP contribution in [0.4, 0.5) is 13.2 Å². The Hall–Kier alpha value is -0.860. The van der Waals surface area contributed by atoms with E-state index in [1.165, 1.54) is 0 Å². The Bertz CT molecular complexity index is 274. The standard InChI is InChI=1S/C10H17F3N2O3/c1-17-7-4-8(15-5-7)9(16)14-2-3-18-6-10(11,12)13/h7-8,15H,2-6H2,1H3,(H,14,16). The normalized spacial score (nSPS) is 24.2. The minimum Gasteiger partial charge on any atom is -0.380 e. The molecule has 0 spiro atoms. The summed E-state index contributed by atoms with van der Waals surface area (Å²) in [4.78, 5) is 11.6. The van der Waals surface area contributed by atoms with E-state index in [4.69, 9.17) is 4.74 Å². The van der Waals surface area contributed by atoms with Crippen LogP contribution in [0.15, 0.2) is 0 Å². The maximum atomic E-state index is 11.7. The van der Waals surface area contributed by atoms with Gasteiger partial charge in [-0.25, -0.2) is 0 Å². The van der Waals surface area contributed by atoms with Gasteiger partial charge < -0.3 is 20.1 Å². The van der Waals surface area contributed by atoms with Gasteiger partial charge in [0.2, 0.25) is 5.91 Å². The van der Waals surface area contributed by atoms with E-state index in [-0.39, 0.29) is 31.2 Å². The van der Waals surface area contributed by atoms with Crippen LogP contribution in [0.1, 0.15) is 6.42 Å². The predicted octanol–water partition coefficient (Wildman–Crippen LogP) is 0.0584. The van der Waals surface area contributed by atoms with Crippen molar-refractivity contribution in [2.75, 3.05) is 33.4 Å². The van der Waals surface area contributed by atoms with Gasteiger partial charge in [-0.2, -0.15) is 13.2 Å². The molecule has 106 valence electrons. The topological polar surface area (TPSA) is 59.6 Å². The smallest absolute Gasteiger partial charge is 0.380 e. The monoisotopic (exact) mass is 270 g/mol. The second kappa shape index (κ2) is 6.91. The number of methoxy groups -OCH3 is 1. The highest BCUT2D eigenvalue weighted by Crippen LogP contribution is 2.14. The number of carbonyl (C=O) groups is 1. The van der Waals surface area contributed by atoms with E-state index in [0.29, 0.717) is 13.0 Å². The highest BCUT2D eigenvalue weighted by atomic mass is 19.4. The SMILES string of the molecule is COC1CNC(C(=O)NCCOCC(F)(F)F)C1. The summed E-state index contributed by atoms with van der Waals surface area (Å²) in [6, 6.07) is -0.349. The molecule has 18 heavy (non-hydrogen) atoms. The fraction of sp³-hybridized carbons (Fsp3) is 0.900. The number of halogens is 3. The molecule has 8 heteroatoms. The molecule has 5 nitrogen and oxygen atoms in total. The lowest BCUT2D eigenvalue weighted by Gasteiger charge is -2.12. The highest BCUT2D eigenvalue weighted by Gasteiger charge is 2.29. The molecule has 0 aliphatic carbocycles. The van der Waals surface area contributed by atoms with Crippen molar-refractivity contribution >= 4 is 5.91 Å². The molecule has 0 radical (unpaired) electrons. The van der Waals surface area contributed by atoms with Crippen LogP contribution in [0.2, 0.25) is 0 Å². The minimum absolute atomic E-state index is 0.00206. The van der Waals surface area contributed by atoms with Crippen LogP contribution in [0, 0.1) is 0 Å². The van der Waals surface area contributed by atoms with Crippen LogP contribution in [0.25, 0.3) is 0 Å². The van der Waals surface area contributed by atoms with Gasteiger partial charge in [-0.3, -0.25) is 4.79 Å². The number of amides is 1. The minimum atomic E-state index is -4.33. The summed E-state index contributed by atoms with van der Waals surface area (Å²) >= 11 is 0. The summed E-state index contributed by atoms with van der Waals surface area (Å²) in [7, 11) is 1.57. The first kappa shape index (κ1) is 15.2. The van der Waals surface area contributed by atoms with Gasteiger partial charge in [0.25, 0.3) is 0 Å². The molecule has 1 aliphatic heterocycles. The number of rotatable bonds is 6. The number of hydrogen-bond acceptors (Lipinski definition) is 4. The fourth-order valence-corrected chi connectivity index (χ4v) is 1.64. The molecule has 2 atom stereocenters. The second-order valence-electron chi connectivity index (χ2n) is 4.01. The van der Waals surface area contributed by atoms with E-state index < -0.39 is 12.8 Å². The molecule has 2 unspecified atom stereocenters. The molecular weight excluding hydrogens is 253 g/mol. The average Bonchev–Trinajstić information content (AvgIpc) is 2.75. The summed E-state index contributed by atoms with van der Waals surface area (Å²) in [5, 5.41) is 5.47. The lowest BCUT2D eigenvalue weighted by molar-refractivity contribution is -0.173. The van der Waals surface area contributed by atoms with E-state index in [1.54, 1.807) is 7.11 Å². The van der Waals surface area contributed by atoms with Crippen molar-refractivity contribution in [2.24, 2.45) is 0 Å². The van der Waals surface area contributed by atoms with Crippen LogP contribution in [0.5, 0.6) is 0 Å². The van der Waals surface area contributed by atoms with Crippen molar-refractivity contribution in [3.05, 3.63) is 0 Å². The van der Waals surface area contributed by atoms with E-state index in [2.05, 4.69) is 15.4 Å². The lowest BCUT2D eigenvalue weighted by atomic mass is 10.2. The van der Waals surface area contributed by atoms with E-state index >= 15 is 0 Å². The summed E-state index contributed by atoms with van der Waals surface area (Å²) in [6.07, 6.45) is -3.77. The van der Waals surface area contributed by atoms with Gasteiger partial charge >= 0.3 is 6.18 Å². The number of nitrogens with one attached hydrogen (secondary N) is 2. The van der Waals surface area contributed by atoms with Crippen LogP contribution < -0.4 is 10.6 Å². The van der Waals surface area contributed by atoms with Crippen molar-refractivity contribution in [1.29, 1.82) is 0 Å². The summed E-state index contributed by atoms with van der Waals surface area (Å²) < 4.78 is 44.6. The lowest BCUT2D eigenvalue weighted by Crippen LogP contribution is -2.41. The van der Waals surface area contributed by atoms with Gasteiger partial charge in [0, 0.05) is 20.2 Å².